The molecule has 0 saturated heterocycles. The minimum absolute atomic E-state index is 0.0533. The van der Waals surface area contributed by atoms with Crippen molar-refractivity contribution in [3.05, 3.63) is 27.7 Å². The molecule has 1 aromatic carbocycles. The molecule has 0 saturated carbocycles. The number of rotatable bonds is 5. The van der Waals surface area contributed by atoms with Crippen LogP contribution in [-0.4, -0.2) is 26.0 Å². The Labute approximate surface area is 108 Å². The van der Waals surface area contributed by atoms with Crippen LogP contribution in [0.2, 0.25) is 0 Å². The quantitative estimate of drug-likeness (QED) is 0.619. The monoisotopic (exact) mass is 300 g/mol. The lowest BCUT2D eigenvalue weighted by Crippen LogP contribution is -2.09. The van der Waals surface area contributed by atoms with Crippen molar-refractivity contribution in [2.24, 2.45) is 0 Å². The first kappa shape index (κ1) is 13.7. The van der Waals surface area contributed by atoms with Gasteiger partial charge < -0.3 is 9.47 Å². The molecule has 0 N–H and O–H groups in total. The molecule has 0 unspecified atom stereocenters. The van der Waals surface area contributed by atoms with Crippen molar-refractivity contribution in [2.45, 2.75) is 13.3 Å². The van der Waals surface area contributed by atoms with Crippen LogP contribution in [0.4, 0.5) is 0 Å². The third-order valence-corrected chi connectivity index (χ3v) is 2.84. The SMILES string of the molecule is CCOC(=O)Cc1cc(OC)cc(Br)c1C=O. The topological polar surface area (TPSA) is 52.6 Å². The summed E-state index contributed by atoms with van der Waals surface area (Å²) in [5.41, 5.74) is 1.03. The van der Waals surface area contributed by atoms with E-state index in [9.17, 15) is 9.59 Å². The van der Waals surface area contributed by atoms with Gasteiger partial charge in [-0.15, -0.1) is 0 Å². The van der Waals surface area contributed by atoms with Crippen molar-refractivity contribution in [2.75, 3.05) is 13.7 Å². The van der Waals surface area contributed by atoms with Crippen molar-refractivity contribution in [1.29, 1.82) is 0 Å². The summed E-state index contributed by atoms with van der Waals surface area (Å²) in [5, 5.41) is 0. The van der Waals surface area contributed by atoms with Gasteiger partial charge in [0.25, 0.3) is 0 Å². The van der Waals surface area contributed by atoms with Gasteiger partial charge in [-0.3, -0.25) is 9.59 Å². The van der Waals surface area contributed by atoms with E-state index in [0.717, 1.165) is 0 Å². The second-order valence-electron chi connectivity index (χ2n) is 3.28. The zero-order chi connectivity index (χ0) is 12.8. The molecule has 0 aliphatic carbocycles. The summed E-state index contributed by atoms with van der Waals surface area (Å²) in [6, 6.07) is 3.34. The fourth-order valence-corrected chi connectivity index (χ4v) is 1.98. The molecule has 0 spiro atoms. The average molecular weight is 301 g/mol. The van der Waals surface area contributed by atoms with Crippen LogP contribution in [-0.2, 0) is 16.0 Å². The second-order valence-corrected chi connectivity index (χ2v) is 4.14. The van der Waals surface area contributed by atoms with Gasteiger partial charge in [-0.1, -0.05) is 0 Å². The number of ether oxygens (including phenoxy) is 2. The molecule has 0 fully saturated rings. The Morgan fingerprint density at radius 3 is 2.71 bits per heavy atom. The number of benzene rings is 1. The third kappa shape index (κ3) is 3.56. The smallest absolute Gasteiger partial charge is 0.310 e. The third-order valence-electron chi connectivity index (χ3n) is 2.18. The molecule has 0 aliphatic rings. The summed E-state index contributed by atoms with van der Waals surface area (Å²) in [6.45, 7) is 2.06. The number of hydrogen-bond acceptors (Lipinski definition) is 4. The molecule has 0 amide bonds. The molecule has 4 nitrogen and oxygen atoms in total. The zero-order valence-corrected chi connectivity index (χ0v) is 11.2. The minimum Gasteiger partial charge on any atom is -0.497 e. The molecule has 0 atom stereocenters. The summed E-state index contributed by atoms with van der Waals surface area (Å²) in [7, 11) is 1.52. The summed E-state index contributed by atoms with van der Waals surface area (Å²) >= 11 is 3.26. The van der Waals surface area contributed by atoms with E-state index < -0.39 is 0 Å². The Kier molecular flexibility index (Phi) is 5.15. The van der Waals surface area contributed by atoms with Crippen molar-refractivity contribution >= 4 is 28.2 Å². The maximum atomic E-state index is 11.4. The Morgan fingerprint density at radius 1 is 1.47 bits per heavy atom. The first-order valence-electron chi connectivity index (χ1n) is 5.09. The van der Waals surface area contributed by atoms with Gasteiger partial charge in [0.1, 0.15) is 5.75 Å². The number of esters is 1. The van der Waals surface area contributed by atoms with Crippen LogP contribution >= 0.6 is 15.9 Å². The maximum absolute atomic E-state index is 11.4. The predicted molar refractivity (Wildman–Crippen MR) is 66.4 cm³/mol. The van der Waals surface area contributed by atoms with E-state index in [-0.39, 0.29) is 12.4 Å². The standard InChI is InChI=1S/C12H13BrO4/c1-3-17-12(15)5-8-4-9(16-2)6-11(13)10(8)7-14/h4,6-7H,3,5H2,1-2H3. The number of carbonyl (C=O) groups is 2. The summed E-state index contributed by atoms with van der Waals surface area (Å²) in [4.78, 5) is 22.4. The second kappa shape index (κ2) is 6.39. The highest BCUT2D eigenvalue weighted by atomic mass is 79.9. The molecule has 92 valence electrons. The van der Waals surface area contributed by atoms with Crippen LogP contribution in [0.15, 0.2) is 16.6 Å². The number of aldehydes is 1. The van der Waals surface area contributed by atoms with E-state index >= 15 is 0 Å². The van der Waals surface area contributed by atoms with Crippen LogP contribution in [0, 0.1) is 0 Å². The minimum atomic E-state index is -0.365. The van der Waals surface area contributed by atoms with Gasteiger partial charge in [-0.25, -0.2) is 0 Å². The van der Waals surface area contributed by atoms with E-state index in [1.165, 1.54) is 7.11 Å². The van der Waals surface area contributed by atoms with Gasteiger partial charge in [0.05, 0.1) is 20.1 Å². The van der Waals surface area contributed by atoms with Gasteiger partial charge in [-0.05, 0) is 40.5 Å². The highest BCUT2D eigenvalue weighted by Crippen LogP contribution is 2.26. The Balaban J connectivity index is 3.06. The van der Waals surface area contributed by atoms with E-state index in [1.54, 1.807) is 19.1 Å². The van der Waals surface area contributed by atoms with Gasteiger partial charge in [0.2, 0.25) is 0 Å². The number of carbonyl (C=O) groups excluding carboxylic acids is 2. The van der Waals surface area contributed by atoms with E-state index in [0.29, 0.717) is 34.2 Å². The lowest BCUT2D eigenvalue weighted by atomic mass is 10.1. The van der Waals surface area contributed by atoms with Crippen LogP contribution in [0.25, 0.3) is 0 Å². The van der Waals surface area contributed by atoms with Crippen LogP contribution in [0.3, 0.4) is 0 Å². The zero-order valence-electron chi connectivity index (χ0n) is 9.66. The first-order chi connectivity index (χ1) is 8.12. The predicted octanol–water partition coefficient (Wildman–Crippen LogP) is 2.38. The van der Waals surface area contributed by atoms with Crippen LogP contribution < -0.4 is 4.74 Å². The molecule has 5 heteroatoms. The number of methoxy groups -OCH3 is 1. The van der Waals surface area contributed by atoms with Crippen molar-refractivity contribution in [1.82, 2.24) is 0 Å². The van der Waals surface area contributed by atoms with Crippen LogP contribution in [0.5, 0.6) is 5.75 Å². The van der Waals surface area contributed by atoms with Gasteiger partial charge in [0.15, 0.2) is 6.29 Å². The highest BCUT2D eigenvalue weighted by molar-refractivity contribution is 9.10. The van der Waals surface area contributed by atoms with E-state index in [2.05, 4.69) is 15.9 Å². The fourth-order valence-electron chi connectivity index (χ4n) is 1.41. The molecule has 0 heterocycles. The molecule has 1 aromatic rings. The van der Waals surface area contributed by atoms with Crippen molar-refractivity contribution < 1.29 is 19.1 Å². The molecule has 0 aromatic heterocycles. The molecule has 1 rings (SSSR count). The van der Waals surface area contributed by atoms with Gasteiger partial charge >= 0.3 is 5.97 Å². The van der Waals surface area contributed by atoms with E-state index in [1.807, 2.05) is 0 Å². The van der Waals surface area contributed by atoms with Crippen LogP contribution in [0.1, 0.15) is 22.8 Å². The average Bonchev–Trinajstić information content (AvgIpc) is 2.28. The molecule has 0 bridgehead atoms. The van der Waals surface area contributed by atoms with Gasteiger partial charge in [-0.2, -0.15) is 0 Å². The Bertz CT molecular complexity index is 429. The molecule has 0 radical (unpaired) electrons. The lowest BCUT2D eigenvalue weighted by Gasteiger charge is -2.09. The Hall–Kier alpha value is -1.36. The lowest BCUT2D eigenvalue weighted by molar-refractivity contribution is -0.142. The highest BCUT2D eigenvalue weighted by Gasteiger charge is 2.13. The molecular weight excluding hydrogens is 288 g/mol. The van der Waals surface area contributed by atoms with Crippen molar-refractivity contribution in [3.63, 3.8) is 0 Å². The maximum Gasteiger partial charge on any atom is 0.310 e. The van der Waals surface area contributed by atoms with Gasteiger partial charge in [0, 0.05) is 10.0 Å². The fraction of sp³-hybridized carbons (Fsp3) is 0.333. The van der Waals surface area contributed by atoms with Crippen molar-refractivity contribution in [3.8, 4) is 5.75 Å². The summed E-state index contributed by atoms with van der Waals surface area (Å²) < 4.78 is 10.5. The first-order valence-corrected chi connectivity index (χ1v) is 5.88. The summed E-state index contributed by atoms with van der Waals surface area (Å²) in [5.74, 6) is 0.220. The number of halogens is 1. The largest absolute Gasteiger partial charge is 0.497 e. The Morgan fingerprint density at radius 2 is 2.18 bits per heavy atom. The number of hydrogen-bond donors (Lipinski definition) is 0. The normalized spacial score (nSPS) is 9.82. The molecule has 17 heavy (non-hydrogen) atoms. The van der Waals surface area contributed by atoms with E-state index in [4.69, 9.17) is 9.47 Å². The molecule has 0 aliphatic heterocycles. The summed E-state index contributed by atoms with van der Waals surface area (Å²) in [6.07, 6.45) is 0.760. The molecular formula is C12H13BrO4.